The molecule has 11 heteroatoms. The Morgan fingerprint density at radius 2 is 1.94 bits per heavy atom. The quantitative estimate of drug-likeness (QED) is 0.413. The van der Waals surface area contributed by atoms with Crippen molar-refractivity contribution in [2.24, 2.45) is 0 Å². The van der Waals surface area contributed by atoms with E-state index in [0.29, 0.717) is 42.7 Å². The van der Waals surface area contributed by atoms with Crippen molar-refractivity contribution < 1.29 is 19.0 Å². The third-order valence-electron chi connectivity index (χ3n) is 4.44. The third-order valence-corrected chi connectivity index (χ3v) is 4.44. The van der Waals surface area contributed by atoms with Crippen LogP contribution in [0.25, 0.3) is 17.0 Å². The van der Waals surface area contributed by atoms with Crippen molar-refractivity contribution in [2.45, 2.75) is 6.42 Å². The van der Waals surface area contributed by atoms with Gasteiger partial charge in [-0.05, 0) is 17.7 Å². The lowest BCUT2D eigenvalue weighted by atomic mass is 10.1. The number of hydrogen-bond acceptors (Lipinski definition) is 9. The lowest BCUT2D eigenvalue weighted by Gasteiger charge is -2.07. The fourth-order valence-electron chi connectivity index (χ4n) is 2.91. The van der Waals surface area contributed by atoms with Crippen molar-refractivity contribution in [1.29, 1.82) is 0 Å². The highest BCUT2D eigenvalue weighted by Gasteiger charge is 2.12. The van der Waals surface area contributed by atoms with Gasteiger partial charge in [-0.1, -0.05) is 18.2 Å². The molecule has 0 atom stereocenters. The van der Waals surface area contributed by atoms with E-state index in [4.69, 9.17) is 14.2 Å². The summed E-state index contributed by atoms with van der Waals surface area (Å²) in [6, 6.07) is 11.0. The Balaban J connectivity index is 1.52. The van der Waals surface area contributed by atoms with Crippen LogP contribution in [0, 0.1) is 0 Å². The largest absolute Gasteiger partial charge is 0.488 e. The van der Waals surface area contributed by atoms with Crippen LogP contribution in [0.3, 0.4) is 0 Å². The number of nitrogens with one attached hydrogen (secondary N) is 1. The van der Waals surface area contributed by atoms with Crippen molar-refractivity contribution in [3.05, 3.63) is 60.2 Å². The van der Waals surface area contributed by atoms with E-state index in [1.807, 2.05) is 24.3 Å². The van der Waals surface area contributed by atoms with E-state index in [1.54, 1.807) is 36.2 Å². The molecule has 0 bridgehead atoms. The summed E-state index contributed by atoms with van der Waals surface area (Å²) in [5.41, 5.74) is 2.38. The number of amides is 1. The van der Waals surface area contributed by atoms with Crippen LogP contribution in [0.2, 0.25) is 0 Å². The van der Waals surface area contributed by atoms with E-state index in [0.717, 1.165) is 11.1 Å². The second-order valence-electron chi connectivity index (χ2n) is 6.66. The SMILES string of the molecule is CNC(=O)Oc1ccc2nnc(Cc3cccc(-c4ncc(OCCOC)cn4)c3)n2n1. The maximum atomic E-state index is 11.5. The molecule has 1 N–H and O–H groups in total. The lowest BCUT2D eigenvalue weighted by Crippen LogP contribution is -2.22. The lowest BCUT2D eigenvalue weighted by molar-refractivity contribution is 0.146. The van der Waals surface area contributed by atoms with E-state index in [9.17, 15) is 4.79 Å². The van der Waals surface area contributed by atoms with Gasteiger partial charge in [-0.3, -0.25) is 0 Å². The maximum absolute atomic E-state index is 11.5. The highest BCUT2D eigenvalue weighted by atomic mass is 16.6. The Hall–Kier alpha value is -4.12. The molecule has 0 fully saturated rings. The molecule has 1 aromatic carbocycles. The molecule has 3 aromatic heterocycles. The average molecular weight is 435 g/mol. The number of carbonyl (C=O) groups excluding carboxylic acids is 1. The van der Waals surface area contributed by atoms with Gasteiger partial charge in [0.05, 0.1) is 19.0 Å². The normalized spacial score (nSPS) is 10.8. The summed E-state index contributed by atoms with van der Waals surface area (Å²) in [5.74, 6) is 1.91. The zero-order valence-corrected chi connectivity index (χ0v) is 17.6. The highest BCUT2D eigenvalue weighted by Crippen LogP contribution is 2.20. The number of methoxy groups -OCH3 is 1. The number of rotatable bonds is 8. The van der Waals surface area contributed by atoms with Crippen LogP contribution in [0.15, 0.2) is 48.8 Å². The standard InChI is InChI=1S/C21H21N7O4/c1-22-21(29)32-19-7-6-17-25-26-18(28(17)27-19)11-14-4-3-5-15(10-14)20-23-12-16(13-24-20)31-9-8-30-2/h3-7,10,12-13H,8-9,11H2,1-2H3,(H,22,29). The Bertz CT molecular complexity index is 1210. The van der Waals surface area contributed by atoms with E-state index >= 15 is 0 Å². The summed E-state index contributed by atoms with van der Waals surface area (Å²) in [7, 11) is 3.09. The zero-order chi connectivity index (χ0) is 22.3. The van der Waals surface area contributed by atoms with Gasteiger partial charge in [0.2, 0.25) is 5.88 Å². The van der Waals surface area contributed by atoms with Gasteiger partial charge in [0.1, 0.15) is 6.61 Å². The van der Waals surface area contributed by atoms with Crippen LogP contribution in [-0.2, 0) is 11.2 Å². The average Bonchev–Trinajstić information content (AvgIpc) is 3.21. The summed E-state index contributed by atoms with van der Waals surface area (Å²) in [5, 5.41) is 15.0. The molecule has 0 spiro atoms. The first-order chi connectivity index (χ1) is 15.7. The van der Waals surface area contributed by atoms with Gasteiger partial charge in [-0.15, -0.1) is 15.3 Å². The molecular formula is C21H21N7O4. The second kappa shape index (κ2) is 9.79. The number of hydrogen-bond donors (Lipinski definition) is 1. The number of ether oxygens (including phenoxy) is 3. The molecule has 1 amide bonds. The molecule has 4 aromatic rings. The molecule has 3 heterocycles. The Kier molecular flexibility index (Phi) is 6.46. The van der Waals surface area contributed by atoms with E-state index < -0.39 is 6.09 Å². The van der Waals surface area contributed by atoms with Gasteiger partial charge < -0.3 is 19.5 Å². The Morgan fingerprint density at radius 1 is 1.09 bits per heavy atom. The summed E-state index contributed by atoms with van der Waals surface area (Å²) in [6.45, 7) is 0.931. The topological polar surface area (TPSA) is 126 Å². The summed E-state index contributed by atoms with van der Waals surface area (Å²) < 4.78 is 17.1. The highest BCUT2D eigenvalue weighted by molar-refractivity contribution is 5.69. The summed E-state index contributed by atoms with van der Waals surface area (Å²) in [6.07, 6.45) is 3.13. The molecule has 0 saturated carbocycles. The first-order valence-corrected chi connectivity index (χ1v) is 9.80. The monoisotopic (exact) mass is 435 g/mol. The number of aromatic nitrogens is 6. The van der Waals surface area contributed by atoms with Crippen LogP contribution in [0.1, 0.15) is 11.4 Å². The predicted octanol–water partition coefficient (Wildman–Crippen LogP) is 1.92. The molecule has 0 aliphatic heterocycles. The molecule has 0 aliphatic carbocycles. The van der Waals surface area contributed by atoms with E-state index in [2.05, 4.69) is 30.6 Å². The van der Waals surface area contributed by atoms with Crippen LogP contribution in [0.5, 0.6) is 11.6 Å². The zero-order valence-electron chi connectivity index (χ0n) is 17.6. The smallest absolute Gasteiger partial charge is 0.413 e. The number of fused-ring (bicyclic) bond motifs is 1. The van der Waals surface area contributed by atoms with Crippen molar-refractivity contribution >= 4 is 11.7 Å². The minimum Gasteiger partial charge on any atom is -0.488 e. The minimum atomic E-state index is -0.603. The van der Waals surface area contributed by atoms with Crippen molar-refractivity contribution in [3.8, 4) is 23.0 Å². The molecule has 32 heavy (non-hydrogen) atoms. The fraction of sp³-hybridized carbons (Fsp3) is 0.238. The summed E-state index contributed by atoms with van der Waals surface area (Å²) in [4.78, 5) is 20.2. The molecule has 0 radical (unpaired) electrons. The third kappa shape index (κ3) is 4.95. The van der Waals surface area contributed by atoms with E-state index in [-0.39, 0.29) is 5.88 Å². The Labute approximate surface area is 183 Å². The van der Waals surface area contributed by atoms with Gasteiger partial charge in [0.15, 0.2) is 23.0 Å². The molecule has 11 nitrogen and oxygen atoms in total. The molecule has 4 rings (SSSR count). The first kappa shape index (κ1) is 21.1. The van der Waals surface area contributed by atoms with Crippen molar-refractivity contribution in [1.82, 2.24) is 35.1 Å². The van der Waals surface area contributed by atoms with Gasteiger partial charge in [0.25, 0.3) is 0 Å². The molecule has 0 aliphatic rings. The maximum Gasteiger partial charge on any atom is 0.413 e. The second-order valence-corrected chi connectivity index (χ2v) is 6.66. The van der Waals surface area contributed by atoms with Crippen LogP contribution in [0.4, 0.5) is 4.79 Å². The summed E-state index contributed by atoms with van der Waals surface area (Å²) >= 11 is 0. The minimum absolute atomic E-state index is 0.146. The number of benzene rings is 1. The molecule has 0 unspecified atom stereocenters. The number of carbonyl (C=O) groups is 1. The van der Waals surface area contributed by atoms with Gasteiger partial charge in [-0.25, -0.2) is 14.8 Å². The fourth-order valence-corrected chi connectivity index (χ4v) is 2.91. The predicted molar refractivity (Wildman–Crippen MR) is 114 cm³/mol. The molecule has 0 saturated heterocycles. The first-order valence-electron chi connectivity index (χ1n) is 9.80. The Morgan fingerprint density at radius 3 is 2.72 bits per heavy atom. The van der Waals surface area contributed by atoms with Crippen LogP contribution in [-0.4, -0.2) is 63.2 Å². The van der Waals surface area contributed by atoms with Crippen molar-refractivity contribution in [2.75, 3.05) is 27.4 Å². The van der Waals surface area contributed by atoms with E-state index in [1.165, 1.54) is 7.05 Å². The molecule has 164 valence electrons. The molecular weight excluding hydrogens is 414 g/mol. The van der Waals surface area contributed by atoms with Gasteiger partial charge in [0, 0.05) is 32.2 Å². The van der Waals surface area contributed by atoms with Crippen LogP contribution < -0.4 is 14.8 Å². The van der Waals surface area contributed by atoms with Crippen LogP contribution >= 0.6 is 0 Å². The van der Waals surface area contributed by atoms with Crippen molar-refractivity contribution in [3.63, 3.8) is 0 Å². The van der Waals surface area contributed by atoms with Gasteiger partial charge in [-0.2, -0.15) is 4.52 Å². The number of nitrogens with zero attached hydrogens (tertiary/aromatic N) is 6. The van der Waals surface area contributed by atoms with Gasteiger partial charge >= 0.3 is 6.09 Å².